The van der Waals surface area contributed by atoms with Gasteiger partial charge in [0.15, 0.2) is 0 Å². The van der Waals surface area contributed by atoms with Gasteiger partial charge in [-0.2, -0.15) is 0 Å². The zero-order valence-corrected chi connectivity index (χ0v) is 20.6. The molecule has 3 atom stereocenters. The first kappa shape index (κ1) is 24.8. The largest absolute Gasteiger partial charge is 0.508 e. The van der Waals surface area contributed by atoms with Crippen LogP contribution in [0.4, 0.5) is 0 Å². The summed E-state index contributed by atoms with van der Waals surface area (Å²) in [5.74, 6) is 6.56. The number of hydrogen-bond acceptors (Lipinski definition) is 4. The van der Waals surface area contributed by atoms with Gasteiger partial charge in [-0.1, -0.05) is 30.2 Å². The van der Waals surface area contributed by atoms with Crippen LogP contribution in [0.25, 0.3) is 0 Å². The standard InChI is InChI=1S/C28H37N3O2/c1-6-9-17-31-21(4)19-30(20-22(31)5)27(25-11-10-12-26(32)18-25)23-13-15-24(16-14-23)28(33)29(7-2)8-3/h10-16,18,21-22,27,32H,7-8,17,19-20H2,1-5H3/t21-,22+,27?. The number of aromatic hydroxyl groups is 1. The minimum absolute atomic E-state index is 0.000912. The van der Waals surface area contributed by atoms with Crippen molar-refractivity contribution in [2.24, 2.45) is 0 Å². The Balaban J connectivity index is 1.93. The predicted octanol–water partition coefficient (Wildman–Crippen LogP) is 4.38. The lowest BCUT2D eigenvalue weighted by atomic mass is 9.93. The van der Waals surface area contributed by atoms with Gasteiger partial charge in [-0.3, -0.25) is 14.6 Å². The normalized spacial score (nSPS) is 20.0. The molecule has 33 heavy (non-hydrogen) atoms. The molecular formula is C28H37N3O2. The number of carbonyl (C=O) groups is 1. The van der Waals surface area contributed by atoms with Crippen LogP contribution in [0, 0.1) is 11.8 Å². The van der Waals surface area contributed by atoms with Crippen molar-refractivity contribution in [3.05, 3.63) is 65.2 Å². The first-order valence-electron chi connectivity index (χ1n) is 12.0. The number of phenols is 1. The molecule has 0 bridgehead atoms. The van der Waals surface area contributed by atoms with Gasteiger partial charge >= 0.3 is 0 Å². The van der Waals surface area contributed by atoms with Gasteiger partial charge in [0.2, 0.25) is 0 Å². The zero-order valence-electron chi connectivity index (χ0n) is 20.6. The highest BCUT2D eigenvalue weighted by Gasteiger charge is 2.34. The van der Waals surface area contributed by atoms with E-state index in [-0.39, 0.29) is 17.7 Å². The number of nitrogens with zero attached hydrogens (tertiary/aromatic N) is 3. The highest BCUT2D eigenvalue weighted by molar-refractivity contribution is 5.94. The van der Waals surface area contributed by atoms with Crippen molar-refractivity contribution in [2.45, 2.75) is 52.7 Å². The summed E-state index contributed by atoms with van der Waals surface area (Å²) in [5.41, 5.74) is 2.89. The Morgan fingerprint density at radius 1 is 1.06 bits per heavy atom. The highest BCUT2D eigenvalue weighted by Crippen LogP contribution is 2.33. The summed E-state index contributed by atoms with van der Waals surface area (Å²) < 4.78 is 0. The van der Waals surface area contributed by atoms with E-state index in [2.05, 4.69) is 53.7 Å². The molecule has 176 valence electrons. The molecule has 1 amide bonds. The number of carbonyl (C=O) groups excluding carboxylic acids is 1. The first-order chi connectivity index (χ1) is 15.9. The third-order valence-electron chi connectivity index (χ3n) is 6.64. The molecule has 3 rings (SSSR count). The van der Waals surface area contributed by atoms with E-state index >= 15 is 0 Å². The smallest absolute Gasteiger partial charge is 0.253 e. The maximum Gasteiger partial charge on any atom is 0.253 e. The molecule has 0 radical (unpaired) electrons. The van der Waals surface area contributed by atoms with Crippen molar-refractivity contribution < 1.29 is 9.90 Å². The average molecular weight is 448 g/mol. The Kier molecular flexibility index (Phi) is 8.55. The summed E-state index contributed by atoms with van der Waals surface area (Å²) in [6.07, 6.45) is 0. The molecule has 1 fully saturated rings. The van der Waals surface area contributed by atoms with Crippen molar-refractivity contribution >= 4 is 5.91 Å². The predicted molar refractivity (Wildman–Crippen MR) is 134 cm³/mol. The summed E-state index contributed by atoms with van der Waals surface area (Å²) in [4.78, 5) is 19.6. The van der Waals surface area contributed by atoms with Crippen LogP contribution in [0.3, 0.4) is 0 Å². The minimum Gasteiger partial charge on any atom is -0.508 e. The van der Waals surface area contributed by atoms with Crippen LogP contribution in [0.15, 0.2) is 48.5 Å². The molecule has 1 unspecified atom stereocenters. The lowest BCUT2D eigenvalue weighted by Gasteiger charge is -2.46. The van der Waals surface area contributed by atoms with E-state index in [4.69, 9.17) is 0 Å². The highest BCUT2D eigenvalue weighted by atomic mass is 16.3. The molecule has 1 aliphatic heterocycles. The van der Waals surface area contributed by atoms with Gasteiger partial charge in [0.05, 0.1) is 12.6 Å². The van der Waals surface area contributed by atoms with E-state index in [9.17, 15) is 9.90 Å². The number of rotatable bonds is 7. The van der Waals surface area contributed by atoms with Crippen molar-refractivity contribution in [1.29, 1.82) is 0 Å². The van der Waals surface area contributed by atoms with E-state index in [0.29, 0.717) is 30.7 Å². The van der Waals surface area contributed by atoms with Gasteiger partial charge in [-0.15, -0.1) is 5.92 Å². The number of phenolic OH excluding ortho intramolecular Hbond substituents is 1. The summed E-state index contributed by atoms with van der Waals surface area (Å²) in [6.45, 7) is 14.4. The maximum atomic E-state index is 12.8. The van der Waals surface area contributed by atoms with Gasteiger partial charge in [-0.05, 0) is 70.0 Å². The van der Waals surface area contributed by atoms with E-state index in [1.165, 1.54) is 0 Å². The van der Waals surface area contributed by atoms with Gasteiger partial charge in [0.25, 0.3) is 5.91 Å². The van der Waals surface area contributed by atoms with E-state index in [1.807, 2.05) is 49.9 Å². The molecule has 1 N–H and O–H groups in total. The lowest BCUT2D eigenvalue weighted by molar-refractivity contribution is 0.0336. The Morgan fingerprint density at radius 2 is 1.70 bits per heavy atom. The first-order valence-corrected chi connectivity index (χ1v) is 12.0. The van der Waals surface area contributed by atoms with Gasteiger partial charge in [0, 0.05) is 43.8 Å². The summed E-state index contributed by atoms with van der Waals surface area (Å²) in [7, 11) is 0. The minimum atomic E-state index is -0.000912. The molecule has 0 spiro atoms. The molecular weight excluding hydrogens is 410 g/mol. The Morgan fingerprint density at radius 3 is 2.24 bits per heavy atom. The van der Waals surface area contributed by atoms with Crippen LogP contribution in [0.5, 0.6) is 5.75 Å². The molecule has 2 aromatic rings. The Labute approximate surface area is 199 Å². The quantitative estimate of drug-likeness (QED) is 0.640. The van der Waals surface area contributed by atoms with Crippen molar-refractivity contribution in [3.8, 4) is 17.6 Å². The zero-order chi connectivity index (χ0) is 24.0. The van der Waals surface area contributed by atoms with Crippen LogP contribution < -0.4 is 0 Å². The molecule has 2 aromatic carbocycles. The Bertz CT molecular complexity index is 976. The second-order valence-corrected chi connectivity index (χ2v) is 8.85. The molecule has 5 heteroatoms. The molecule has 1 aliphatic rings. The van der Waals surface area contributed by atoms with E-state index in [0.717, 1.165) is 30.8 Å². The second-order valence-electron chi connectivity index (χ2n) is 8.85. The average Bonchev–Trinajstić information content (AvgIpc) is 2.80. The maximum absolute atomic E-state index is 12.8. The molecule has 0 saturated carbocycles. The topological polar surface area (TPSA) is 47.0 Å². The molecule has 1 saturated heterocycles. The van der Waals surface area contributed by atoms with Crippen LogP contribution in [-0.4, -0.2) is 70.5 Å². The monoisotopic (exact) mass is 447 g/mol. The third-order valence-corrected chi connectivity index (χ3v) is 6.64. The van der Waals surface area contributed by atoms with Crippen LogP contribution in [-0.2, 0) is 0 Å². The summed E-state index contributed by atoms with van der Waals surface area (Å²) in [5, 5.41) is 10.2. The fourth-order valence-corrected chi connectivity index (χ4v) is 4.90. The fourth-order valence-electron chi connectivity index (χ4n) is 4.90. The van der Waals surface area contributed by atoms with E-state index in [1.54, 1.807) is 6.07 Å². The number of piperazine rings is 1. The van der Waals surface area contributed by atoms with Gasteiger partial charge < -0.3 is 10.0 Å². The summed E-state index contributed by atoms with van der Waals surface area (Å²) in [6, 6.07) is 16.3. The molecule has 1 heterocycles. The Hall–Kier alpha value is -2.81. The second kappa shape index (κ2) is 11.4. The van der Waals surface area contributed by atoms with E-state index < -0.39 is 0 Å². The fraction of sp³-hybridized carbons (Fsp3) is 0.464. The van der Waals surface area contributed by atoms with Crippen LogP contribution in [0.1, 0.15) is 62.1 Å². The molecule has 5 nitrogen and oxygen atoms in total. The SMILES string of the molecule is CC#CCN1[C@H](C)CN(C(c2ccc(C(=O)N(CC)CC)cc2)c2cccc(O)c2)C[C@@H]1C. The third kappa shape index (κ3) is 5.76. The van der Waals surface area contributed by atoms with Crippen molar-refractivity contribution in [1.82, 2.24) is 14.7 Å². The lowest BCUT2D eigenvalue weighted by Crippen LogP contribution is -2.57. The van der Waals surface area contributed by atoms with Crippen molar-refractivity contribution in [2.75, 3.05) is 32.7 Å². The van der Waals surface area contributed by atoms with Crippen LogP contribution >= 0.6 is 0 Å². The molecule has 0 aromatic heterocycles. The van der Waals surface area contributed by atoms with Gasteiger partial charge in [0.1, 0.15) is 5.75 Å². The number of hydrogen-bond donors (Lipinski definition) is 1. The van der Waals surface area contributed by atoms with Crippen LogP contribution in [0.2, 0.25) is 0 Å². The number of benzene rings is 2. The van der Waals surface area contributed by atoms with Crippen molar-refractivity contribution in [3.63, 3.8) is 0 Å². The number of amides is 1. The summed E-state index contributed by atoms with van der Waals surface area (Å²) >= 11 is 0. The molecule has 0 aliphatic carbocycles. The van der Waals surface area contributed by atoms with Gasteiger partial charge in [-0.25, -0.2) is 0 Å².